The maximum Gasteiger partial charge on any atom is 0.409 e. The summed E-state index contributed by atoms with van der Waals surface area (Å²) >= 11 is 0. The van der Waals surface area contributed by atoms with Crippen molar-refractivity contribution < 1.29 is 17.9 Å². The fraction of sp³-hybridized carbons (Fsp3) is 0.500. The van der Waals surface area contributed by atoms with Crippen LogP contribution in [0.3, 0.4) is 0 Å². The maximum absolute atomic E-state index is 12.2. The van der Waals surface area contributed by atoms with E-state index in [1.165, 1.54) is 6.08 Å². The lowest BCUT2D eigenvalue weighted by atomic mass is 10.0. The Kier molecular flexibility index (Phi) is 7.37. The lowest BCUT2D eigenvalue weighted by Crippen LogP contribution is -2.10. The van der Waals surface area contributed by atoms with Gasteiger partial charge in [0.25, 0.3) is 0 Å². The Morgan fingerprint density at radius 2 is 1.90 bits per heavy atom. The van der Waals surface area contributed by atoms with Crippen LogP contribution in [0.5, 0.6) is 0 Å². The first-order valence-electron chi connectivity index (χ1n) is 6.89. The highest BCUT2D eigenvalue weighted by molar-refractivity contribution is 5.13. The molecule has 0 fully saturated rings. The van der Waals surface area contributed by atoms with Crippen molar-refractivity contribution in [3.05, 3.63) is 48.0 Å². The zero-order valence-electron chi connectivity index (χ0n) is 11.7. The SMILES string of the molecule is CCCCC(/C=C/C(F)(F)F)COCc1ccccc1. The van der Waals surface area contributed by atoms with Crippen LogP contribution in [-0.4, -0.2) is 12.8 Å². The van der Waals surface area contributed by atoms with E-state index < -0.39 is 6.18 Å². The van der Waals surface area contributed by atoms with E-state index in [-0.39, 0.29) is 5.92 Å². The number of alkyl halides is 3. The van der Waals surface area contributed by atoms with Gasteiger partial charge in [-0.3, -0.25) is 0 Å². The van der Waals surface area contributed by atoms with Gasteiger partial charge >= 0.3 is 6.18 Å². The molecule has 112 valence electrons. The second-order valence-corrected chi connectivity index (χ2v) is 4.80. The fourth-order valence-corrected chi connectivity index (χ4v) is 1.85. The van der Waals surface area contributed by atoms with Gasteiger partial charge in [-0.1, -0.05) is 56.2 Å². The lowest BCUT2D eigenvalue weighted by molar-refractivity contribution is -0.0804. The molecule has 1 aromatic rings. The van der Waals surface area contributed by atoms with Crippen LogP contribution in [0.4, 0.5) is 13.2 Å². The van der Waals surface area contributed by atoms with Gasteiger partial charge in [0.1, 0.15) is 0 Å². The first-order valence-corrected chi connectivity index (χ1v) is 6.89. The largest absolute Gasteiger partial charge is 0.409 e. The van der Waals surface area contributed by atoms with E-state index in [4.69, 9.17) is 4.74 Å². The molecule has 0 bridgehead atoms. The number of hydrogen-bond donors (Lipinski definition) is 0. The number of unbranched alkanes of at least 4 members (excludes halogenated alkanes) is 1. The molecule has 0 aliphatic carbocycles. The Labute approximate surface area is 118 Å². The monoisotopic (exact) mass is 286 g/mol. The van der Waals surface area contributed by atoms with Gasteiger partial charge in [-0.15, -0.1) is 0 Å². The summed E-state index contributed by atoms with van der Waals surface area (Å²) in [5.74, 6) is -0.180. The number of halogens is 3. The van der Waals surface area contributed by atoms with Crippen molar-refractivity contribution in [1.29, 1.82) is 0 Å². The summed E-state index contributed by atoms with van der Waals surface area (Å²) in [7, 11) is 0. The molecule has 1 atom stereocenters. The minimum atomic E-state index is -4.25. The zero-order valence-corrected chi connectivity index (χ0v) is 11.7. The van der Waals surface area contributed by atoms with Crippen LogP contribution in [0.15, 0.2) is 42.5 Å². The standard InChI is InChI=1S/C16H21F3O/c1-2-3-7-15(10-11-16(17,18)19)13-20-12-14-8-5-4-6-9-14/h4-6,8-11,15H,2-3,7,12-13H2,1H3/b11-10+. The molecule has 1 unspecified atom stereocenters. The predicted octanol–water partition coefficient (Wildman–Crippen LogP) is 5.13. The maximum atomic E-state index is 12.2. The van der Waals surface area contributed by atoms with Crippen LogP contribution in [-0.2, 0) is 11.3 Å². The Morgan fingerprint density at radius 3 is 2.50 bits per heavy atom. The summed E-state index contributed by atoms with van der Waals surface area (Å²) < 4.78 is 42.1. The van der Waals surface area contributed by atoms with Gasteiger partial charge in [0.2, 0.25) is 0 Å². The van der Waals surface area contributed by atoms with E-state index in [0.717, 1.165) is 24.8 Å². The summed E-state index contributed by atoms with van der Waals surface area (Å²) in [6, 6.07) is 9.62. The highest BCUT2D eigenvalue weighted by atomic mass is 19.4. The molecular weight excluding hydrogens is 265 g/mol. The number of hydrogen-bond acceptors (Lipinski definition) is 1. The first-order chi connectivity index (χ1) is 9.51. The molecule has 20 heavy (non-hydrogen) atoms. The highest BCUT2D eigenvalue weighted by Gasteiger charge is 2.22. The molecule has 0 saturated carbocycles. The molecule has 0 amide bonds. The van der Waals surface area contributed by atoms with Crippen LogP contribution in [0, 0.1) is 5.92 Å². The van der Waals surface area contributed by atoms with Crippen molar-refractivity contribution in [3.63, 3.8) is 0 Å². The van der Waals surface area contributed by atoms with Crippen molar-refractivity contribution in [2.45, 2.75) is 39.0 Å². The van der Waals surface area contributed by atoms with E-state index in [9.17, 15) is 13.2 Å². The van der Waals surface area contributed by atoms with Crippen LogP contribution in [0.2, 0.25) is 0 Å². The van der Waals surface area contributed by atoms with Gasteiger partial charge in [0, 0.05) is 12.0 Å². The Morgan fingerprint density at radius 1 is 1.20 bits per heavy atom. The molecule has 4 heteroatoms. The molecule has 0 spiro atoms. The molecule has 1 nitrogen and oxygen atoms in total. The van der Waals surface area contributed by atoms with Crippen molar-refractivity contribution in [2.75, 3.05) is 6.61 Å². The van der Waals surface area contributed by atoms with Crippen LogP contribution >= 0.6 is 0 Å². The predicted molar refractivity (Wildman–Crippen MR) is 74.3 cm³/mol. The topological polar surface area (TPSA) is 9.23 Å². The van der Waals surface area contributed by atoms with Gasteiger partial charge in [-0.05, 0) is 12.0 Å². The molecule has 0 saturated heterocycles. The summed E-state index contributed by atoms with van der Waals surface area (Å²) in [6.45, 7) is 2.78. The van der Waals surface area contributed by atoms with Crippen LogP contribution < -0.4 is 0 Å². The average molecular weight is 286 g/mol. The lowest BCUT2D eigenvalue weighted by Gasteiger charge is -2.13. The number of ether oxygens (including phenoxy) is 1. The zero-order chi connectivity index (χ0) is 14.8. The molecule has 0 aliphatic heterocycles. The number of rotatable bonds is 8. The summed E-state index contributed by atoms with van der Waals surface area (Å²) in [5.41, 5.74) is 1.03. The van der Waals surface area contributed by atoms with E-state index >= 15 is 0 Å². The van der Waals surface area contributed by atoms with Gasteiger partial charge in [0.05, 0.1) is 13.2 Å². The first kappa shape index (κ1) is 16.8. The van der Waals surface area contributed by atoms with Crippen LogP contribution in [0.25, 0.3) is 0 Å². The quantitative estimate of drug-likeness (QED) is 0.602. The molecule has 1 rings (SSSR count). The van der Waals surface area contributed by atoms with E-state index in [1.807, 2.05) is 37.3 Å². The summed E-state index contributed by atoms with van der Waals surface area (Å²) in [6.07, 6.45) is -0.113. The number of allylic oxidation sites excluding steroid dienone is 1. The van der Waals surface area contributed by atoms with Gasteiger partial charge in [-0.2, -0.15) is 13.2 Å². The van der Waals surface area contributed by atoms with Crippen molar-refractivity contribution in [2.24, 2.45) is 5.92 Å². The Bertz CT molecular complexity index is 384. The second kappa shape index (κ2) is 8.80. The van der Waals surface area contributed by atoms with Gasteiger partial charge in [-0.25, -0.2) is 0 Å². The second-order valence-electron chi connectivity index (χ2n) is 4.80. The highest BCUT2D eigenvalue weighted by Crippen LogP contribution is 2.20. The van der Waals surface area contributed by atoms with Gasteiger partial charge in [0.15, 0.2) is 0 Å². The smallest absolute Gasteiger partial charge is 0.376 e. The van der Waals surface area contributed by atoms with Crippen molar-refractivity contribution in [3.8, 4) is 0 Å². The summed E-state index contributed by atoms with van der Waals surface area (Å²) in [5, 5.41) is 0. The Balaban J connectivity index is 2.42. The molecule has 0 aromatic heterocycles. The van der Waals surface area contributed by atoms with E-state index in [1.54, 1.807) is 0 Å². The van der Waals surface area contributed by atoms with Crippen molar-refractivity contribution >= 4 is 0 Å². The molecule has 1 aromatic carbocycles. The third kappa shape index (κ3) is 8.00. The third-order valence-corrected chi connectivity index (χ3v) is 2.93. The van der Waals surface area contributed by atoms with E-state index in [0.29, 0.717) is 19.3 Å². The fourth-order valence-electron chi connectivity index (χ4n) is 1.85. The molecule has 0 radical (unpaired) electrons. The van der Waals surface area contributed by atoms with E-state index in [2.05, 4.69) is 0 Å². The Hall–Kier alpha value is -1.29. The molecule has 0 heterocycles. The molecule has 0 N–H and O–H groups in total. The third-order valence-electron chi connectivity index (χ3n) is 2.93. The van der Waals surface area contributed by atoms with Crippen LogP contribution in [0.1, 0.15) is 31.7 Å². The van der Waals surface area contributed by atoms with Crippen molar-refractivity contribution in [1.82, 2.24) is 0 Å². The average Bonchev–Trinajstić information content (AvgIpc) is 2.41. The normalized spacial score (nSPS) is 13.8. The molecular formula is C16H21F3O. The number of benzene rings is 1. The minimum Gasteiger partial charge on any atom is -0.376 e. The summed E-state index contributed by atoms with van der Waals surface area (Å²) in [4.78, 5) is 0. The molecule has 0 aliphatic rings. The minimum absolute atomic E-state index is 0.180. The van der Waals surface area contributed by atoms with Gasteiger partial charge < -0.3 is 4.74 Å².